The standard InChI is InChI=1S/C6H13N5/c1-2-8-4-3-5-9-6(7)11-10-5/h8H,2-4H2,1H3,(H3,7,9,10,11). The highest BCUT2D eigenvalue weighted by molar-refractivity contribution is 5.12. The fourth-order valence-electron chi connectivity index (χ4n) is 0.805. The second-order valence-electron chi connectivity index (χ2n) is 2.24. The predicted molar refractivity (Wildman–Crippen MR) is 43.0 cm³/mol. The summed E-state index contributed by atoms with van der Waals surface area (Å²) in [7, 11) is 0. The van der Waals surface area contributed by atoms with E-state index in [1.54, 1.807) is 0 Å². The first-order valence-electron chi connectivity index (χ1n) is 3.70. The van der Waals surface area contributed by atoms with Crippen LogP contribution in [0, 0.1) is 0 Å². The van der Waals surface area contributed by atoms with Gasteiger partial charge in [0.05, 0.1) is 0 Å². The van der Waals surface area contributed by atoms with Crippen molar-refractivity contribution in [2.45, 2.75) is 13.3 Å². The Kier molecular flexibility index (Phi) is 2.85. The van der Waals surface area contributed by atoms with Crippen LogP contribution < -0.4 is 11.1 Å². The van der Waals surface area contributed by atoms with Crippen molar-refractivity contribution in [1.29, 1.82) is 0 Å². The zero-order valence-electron chi connectivity index (χ0n) is 6.59. The number of aromatic nitrogens is 3. The zero-order chi connectivity index (χ0) is 8.10. The minimum atomic E-state index is 0.316. The van der Waals surface area contributed by atoms with Crippen LogP contribution >= 0.6 is 0 Å². The van der Waals surface area contributed by atoms with Gasteiger partial charge in [0.15, 0.2) is 0 Å². The summed E-state index contributed by atoms with van der Waals surface area (Å²) in [6, 6.07) is 0. The van der Waals surface area contributed by atoms with E-state index in [0.717, 1.165) is 25.3 Å². The fraction of sp³-hybridized carbons (Fsp3) is 0.667. The molecule has 0 spiro atoms. The summed E-state index contributed by atoms with van der Waals surface area (Å²) < 4.78 is 0. The number of nitrogen functional groups attached to an aromatic ring is 1. The molecule has 0 bridgehead atoms. The van der Waals surface area contributed by atoms with Crippen molar-refractivity contribution >= 4 is 5.95 Å². The molecule has 0 saturated heterocycles. The van der Waals surface area contributed by atoms with E-state index < -0.39 is 0 Å². The molecule has 0 aliphatic rings. The number of nitrogens with zero attached hydrogens (tertiary/aromatic N) is 2. The molecule has 62 valence electrons. The summed E-state index contributed by atoms with van der Waals surface area (Å²) in [5.74, 6) is 1.15. The van der Waals surface area contributed by atoms with Gasteiger partial charge in [-0.25, -0.2) is 0 Å². The van der Waals surface area contributed by atoms with Crippen molar-refractivity contribution in [3.05, 3.63) is 5.82 Å². The molecule has 0 radical (unpaired) electrons. The van der Waals surface area contributed by atoms with Gasteiger partial charge in [-0.1, -0.05) is 6.92 Å². The minimum Gasteiger partial charge on any atom is -0.367 e. The molecule has 0 atom stereocenters. The van der Waals surface area contributed by atoms with Gasteiger partial charge in [-0.3, -0.25) is 5.10 Å². The molecule has 0 aliphatic carbocycles. The quantitative estimate of drug-likeness (QED) is 0.514. The predicted octanol–water partition coefficient (Wildman–Crippen LogP) is -0.461. The average molecular weight is 155 g/mol. The number of anilines is 1. The van der Waals surface area contributed by atoms with Crippen LogP contribution in [0.1, 0.15) is 12.7 Å². The van der Waals surface area contributed by atoms with Gasteiger partial charge in [0.25, 0.3) is 0 Å². The highest BCUT2D eigenvalue weighted by Gasteiger charge is 1.96. The summed E-state index contributed by atoms with van der Waals surface area (Å²) in [5, 5.41) is 9.62. The van der Waals surface area contributed by atoms with Crippen molar-refractivity contribution in [2.24, 2.45) is 0 Å². The van der Waals surface area contributed by atoms with E-state index in [0.29, 0.717) is 5.95 Å². The Morgan fingerprint density at radius 2 is 2.45 bits per heavy atom. The van der Waals surface area contributed by atoms with E-state index in [1.807, 2.05) is 0 Å². The minimum absolute atomic E-state index is 0.316. The van der Waals surface area contributed by atoms with Crippen molar-refractivity contribution in [3.63, 3.8) is 0 Å². The first-order valence-corrected chi connectivity index (χ1v) is 3.70. The molecule has 0 saturated carbocycles. The van der Waals surface area contributed by atoms with Crippen molar-refractivity contribution in [2.75, 3.05) is 18.8 Å². The van der Waals surface area contributed by atoms with E-state index >= 15 is 0 Å². The van der Waals surface area contributed by atoms with Crippen molar-refractivity contribution < 1.29 is 0 Å². The molecule has 1 aromatic heterocycles. The summed E-state index contributed by atoms with van der Waals surface area (Å²) in [4.78, 5) is 3.95. The summed E-state index contributed by atoms with van der Waals surface area (Å²) >= 11 is 0. The molecule has 11 heavy (non-hydrogen) atoms. The third-order valence-electron chi connectivity index (χ3n) is 1.34. The number of aromatic amines is 1. The SMILES string of the molecule is CCNCCc1nc(N)n[nH]1. The molecular weight excluding hydrogens is 142 g/mol. The molecule has 0 fully saturated rings. The van der Waals surface area contributed by atoms with Gasteiger partial charge in [0, 0.05) is 13.0 Å². The fourth-order valence-corrected chi connectivity index (χ4v) is 0.805. The molecule has 1 heterocycles. The Hall–Kier alpha value is -1.10. The van der Waals surface area contributed by atoms with Gasteiger partial charge >= 0.3 is 0 Å². The van der Waals surface area contributed by atoms with Crippen LogP contribution in [0.3, 0.4) is 0 Å². The first kappa shape index (κ1) is 8.00. The van der Waals surface area contributed by atoms with E-state index in [-0.39, 0.29) is 0 Å². The van der Waals surface area contributed by atoms with Crippen LogP contribution in [0.5, 0.6) is 0 Å². The first-order chi connectivity index (χ1) is 5.33. The lowest BCUT2D eigenvalue weighted by atomic mass is 10.4. The summed E-state index contributed by atoms with van der Waals surface area (Å²) in [5.41, 5.74) is 5.31. The molecule has 5 nitrogen and oxygen atoms in total. The number of rotatable bonds is 4. The van der Waals surface area contributed by atoms with E-state index in [4.69, 9.17) is 5.73 Å². The second-order valence-corrected chi connectivity index (χ2v) is 2.24. The van der Waals surface area contributed by atoms with Crippen LogP contribution in [0.25, 0.3) is 0 Å². The monoisotopic (exact) mass is 155 g/mol. The number of nitrogens with two attached hydrogens (primary N) is 1. The highest BCUT2D eigenvalue weighted by atomic mass is 15.3. The molecule has 0 unspecified atom stereocenters. The molecule has 5 heteroatoms. The molecule has 1 rings (SSSR count). The summed E-state index contributed by atoms with van der Waals surface area (Å²) in [6.45, 7) is 3.95. The number of hydrogen-bond acceptors (Lipinski definition) is 4. The molecule has 0 aliphatic heterocycles. The van der Waals surface area contributed by atoms with Crippen molar-refractivity contribution in [1.82, 2.24) is 20.5 Å². The Morgan fingerprint density at radius 3 is 3.00 bits per heavy atom. The average Bonchev–Trinajstić information content (AvgIpc) is 2.37. The maximum atomic E-state index is 5.31. The third-order valence-corrected chi connectivity index (χ3v) is 1.34. The zero-order valence-corrected chi connectivity index (χ0v) is 6.59. The normalized spacial score (nSPS) is 10.3. The van der Waals surface area contributed by atoms with Gasteiger partial charge in [0.2, 0.25) is 5.95 Å². The molecule has 0 aromatic carbocycles. The maximum Gasteiger partial charge on any atom is 0.239 e. The van der Waals surface area contributed by atoms with Crippen LogP contribution in [-0.2, 0) is 6.42 Å². The van der Waals surface area contributed by atoms with Gasteiger partial charge in [-0.2, -0.15) is 4.98 Å². The maximum absolute atomic E-state index is 5.31. The number of nitrogens with one attached hydrogen (secondary N) is 2. The van der Waals surface area contributed by atoms with Gasteiger partial charge in [0.1, 0.15) is 5.82 Å². The van der Waals surface area contributed by atoms with E-state index in [2.05, 4.69) is 27.4 Å². The number of H-pyrrole nitrogens is 1. The van der Waals surface area contributed by atoms with Crippen molar-refractivity contribution in [3.8, 4) is 0 Å². The Bertz CT molecular complexity index is 206. The van der Waals surface area contributed by atoms with Crippen LogP contribution in [0.2, 0.25) is 0 Å². The molecule has 4 N–H and O–H groups in total. The van der Waals surface area contributed by atoms with Gasteiger partial charge in [-0.05, 0) is 6.54 Å². The lowest BCUT2D eigenvalue weighted by Gasteiger charge is -1.96. The van der Waals surface area contributed by atoms with Gasteiger partial charge < -0.3 is 11.1 Å². The molecule has 0 amide bonds. The highest BCUT2D eigenvalue weighted by Crippen LogP contribution is 1.92. The summed E-state index contributed by atoms with van der Waals surface area (Å²) in [6.07, 6.45) is 0.845. The molecule has 1 aromatic rings. The number of hydrogen-bond donors (Lipinski definition) is 3. The largest absolute Gasteiger partial charge is 0.367 e. The van der Waals surface area contributed by atoms with Gasteiger partial charge in [-0.15, -0.1) is 5.10 Å². The Balaban J connectivity index is 2.27. The molecular formula is C6H13N5. The Labute approximate surface area is 65.4 Å². The van der Waals surface area contributed by atoms with Crippen LogP contribution in [0.15, 0.2) is 0 Å². The Morgan fingerprint density at radius 1 is 1.64 bits per heavy atom. The lowest BCUT2D eigenvalue weighted by molar-refractivity contribution is 0.698. The van der Waals surface area contributed by atoms with Crippen LogP contribution in [0.4, 0.5) is 5.95 Å². The lowest BCUT2D eigenvalue weighted by Crippen LogP contribution is -2.16. The van der Waals surface area contributed by atoms with E-state index in [9.17, 15) is 0 Å². The number of likely N-dealkylation sites (N-methyl/N-ethyl adjacent to an activating group) is 1. The smallest absolute Gasteiger partial charge is 0.239 e. The van der Waals surface area contributed by atoms with Crippen LogP contribution in [-0.4, -0.2) is 28.3 Å². The topological polar surface area (TPSA) is 79.6 Å². The van der Waals surface area contributed by atoms with E-state index in [1.165, 1.54) is 0 Å². The third kappa shape index (κ3) is 2.55. The second kappa shape index (κ2) is 3.92.